The summed E-state index contributed by atoms with van der Waals surface area (Å²) >= 11 is 1.67. The highest BCUT2D eigenvalue weighted by Gasteiger charge is 2.12. The van der Waals surface area contributed by atoms with Crippen molar-refractivity contribution >= 4 is 11.8 Å². The SMILES string of the molecule is CSc1ccc(-c2c(-c3ccncc3)nc[nH]c2=O)cc1. The summed E-state index contributed by atoms with van der Waals surface area (Å²) in [6.45, 7) is 0. The highest BCUT2D eigenvalue weighted by Crippen LogP contribution is 2.27. The second-order valence-electron chi connectivity index (χ2n) is 4.42. The third-order valence-corrected chi connectivity index (χ3v) is 3.93. The average molecular weight is 295 g/mol. The van der Waals surface area contributed by atoms with Crippen LogP contribution in [-0.2, 0) is 0 Å². The van der Waals surface area contributed by atoms with Gasteiger partial charge in [0.25, 0.3) is 5.56 Å². The van der Waals surface area contributed by atoms with Gasteiger partial charge in [0.05, 0.1) is 17.6 Å². The van der Waals surface area contributed by atoms with Gasteiger partial charge in [0, 0.05) is 22.9 Å². The van der Waals surface area contributed by atoms with Crippen molar-refractivity contribution in [1.82, 2.24) is 15.0 Å². The fourth-order valence-electron chi connectivity index (χ4n) is 2.15. The van der Waals surface area contributed by atoms with Gasteiger partial charge in [-0.3, -0.25) is 9.78 Å². The Morgan fingerprint density at radius 3 is 2.38 bits per heavy atom. The fourth-order valence-corrected chi connectivity index (χ4v) is 2.56. The molecule has 0 spiro atoms. The summed E-state index contributed by atoms with van der Waals surface area (Å²) < 4.78 is 0. The minimum Gasteiger partial charge on any atom is -0.313 e. The van der Waals surface area contributed by atoms with Crippen LogP contribution in [0.2, 0.25) is 0 Å². The second-order valence-corrected chi connectivity index (χ2v) is 5.30. The predicted molar refractivity (Wildman–Crippen MR) is 85.3 cm³/mol. The van der Waals surface area contributed by atoms with E-state index in [-0.39, 0.29) is 5.56 Å². The van der Waals surface area contributed by atoms with Crippen molar-refractivity contribution in [3.63, 3.8) is 0 Å². The van der Waals surface area contributed by atoms with Crippen LogP contribution in [0.25, 0.3) is 22.4 Å². The average Bonchev–Trinajstić information content (AvgIpc) is 2.55. The zero-order valence-corrected chi connectivity index (χ0v) is 12.2. The Kier molecular flexibility index (Phi) is 3.83. The van der Waals surface area contributed by atoms with E-state index in [0.29, 0.717) is 11.3 Å². The number of aromatic amines is 1. The van der Waals surface area contributed by atoms with E-state index in [1.54, 1.807) is 24.2 Å². The number of hydrogen-bond donors (Lipinski definition) is 1. The smallest absolute Gasteiger partial charge is 0.259 e. The molecule has 0 aliphatic carbocycles. The van der Waals surface area contributed by atoms with Gasteiger partial charge in [0.1, 0.15) is 0 Å². The summed E-state index contributed by atoms with van der Waals surface area (Å²) in [6.07, 6.45) is 6.84. The third-order valence-electron chi connectivity index (χ3n) is 3.19. The van der Waals surface area contributed by atoms with Gasteiger partial charge in [0.2, 0.25) is 0 Å². The lowest BCUT2D eigenvalue weighted by atomic mass is 10.0. The van der Waals surface area contributed by atoms with E-state index >= 15 is 0 Å². The molecule has 0 saturated heterocycles. The summed E-state index contributed by atoms with van der Waals surface area (Å²) in [5.74, 6) is 0. The summed E-state index contributed by atoms with van der Waals surface area (Å²) in [5, 5.41) is 0. The van der Waals surface area contributed by atoms with Crippen molar-refractivity contribution in [1.29, 1.82) is 0 Å². The highest BCUT2D eigenvalue weighted by atomic mass is 32.2. The standard InChI is InChI=1S/C16H13N3OS/c1-21-13-4-2-11(3-5-13)14-15(18-10-19-16(14)20)12-6-8-17-9-7-12/h2-10H,1H3,(H,18,19,20). The first-order valence-electron chi connectivity index (χ1n) is 6.42. The molecular weight excluding hydrogens is 282 g/mol. The Hall–Kier alpha value is -2.40. The molecule has 1 aromatic carbocycles. The number of H-pyrrole nitrogens is 1. The molecule has 3 rings (SSSR count). The van der Waals surface area contributed by atoms with Gasteiger partial charge in [-0.2, -0.15) is 0 Å². The van der Waals surface area contributed by atoms with Gasteiger partial charge in [0.15, 0.2) is 0 Å². The Morgan fingerprint density at radius 1 is 1.00 bits per heavy atom. The molecule has 0 fully saturated rings. The minimum absolute atomic E-state index is 0.145. The first-order valence-corrected chi connectivity index (χ1v) is 7.64. The molecule has 4 nitrogen and oxygen atoms in total. The van der Waals surface area contributed by atoms with Crippen LogP contribution in [0.3, 0.4) is 0 Å². The molecule has 1 N–H and O–H groups in total. The largest absolute Gasteiger partial charge is 0.313 e. The number of nitrogens with one attached hydrogen (secondary N) is 1. The van der Waals surface area contributed by atoms with Gasteiger partial charge < -0.3 is 4.98 Å². The second kappa shape index (κ2) is 5.93. The van der Waals surface area contributed by atoms with Crippen molar-refractivity contribution in [3.05, 3.63) is 65.5 Å². The molecule has 0 aliphatic heterocycles. The quantitative estimate of drug-likeness (QED) is 0.754. The van der Waals surface area contributed by atoms with Gasteiger partial charge in [-0.15, -0.1) is 11.8 Å². The molecule has 0 bridgehead atoms. The normalized spacial score (nSPS) is 10.5. The van der Waals surface area contributed by atoms with Crippen LogP contribution in [0.5, 0.6) is 0 Å². The maximum atomic E-state index is 12.3. The monoisotopic (exact) mass is 295 g/mol. The van der Waals surface area contributed by atoms with Crippen LogP contribution in [0.1, 0.15) is 0 Å². The van der Waals surface area contributed by atoms with E-state index in [9.17, 15) is 4.79 Å². The molecular formula is C16H13N3OS. The van der Waals surface area contributed by atoms with Gasteiger partial charge >= 0.3 is 0 Å². The number of benzene rings is 1. The molecule has 0 amide bonds. The van der Waals surface area contributed by atoms with E-state index in [1.807, 2.05) is 42.7 Å². The number of pyridine rings is 1. The van der Waals surface area contributed by atoms with Gasteiger partial charge in [-0.1, -0.05) is 12.1 Å². The van der Waals surface area contributed by atoms with Crippen LogP contribution in [0.4, 0.5) is 0 Å². The molecule has 0 unspecified atom stereocenters. The van der Waals surface area contributed by atoms with Crippen LogP contribution < -0.4 is 5.56 Å². The van der Waals surface area contributed by atoms with Crippen LogP contribution in [0.15, 0.2) is 64.8 Å². The Labute approximate surface area is 126 Å². The lowest BCUT2D eigenvalue weighted by Gasteiger charge is -2.08. The molecule has 21 heavy (non-hydrogen) atoms. The summed E-state index contributed by atoms with van der Waals surface area (Å²) in [7, 11) is 0. The summed E-state index contributed by atoms with van der Waals surface area (Å²) in [6, 6.07) is 11.6. The molecule has 0 saturated carbocycles. The lowest BCUT2D eigenvalue weighted by molar-refractivity contribution is 1.12. The van der Waals surface area contributed by atoms with Crippen molar-refractivity contribution in [2.75, 3.05) is 6.26 Å². The summed E-state index contributed by atoms with van der Waals surface area (Å²) in [5.41, 5.74) is 2.83. The van der Waals surface area contributed by atoms with E-state index in [2.05, 4.69) is 15.0 Å². The first-order chi connectivity index (χ1) is 10.3. The van der Waals surface area contributed by atoms with E-state index < -0.39 is 0 Å². The molecule has 5 heteroatoms. The Bertz CT molecular complexity index is 798. The van der Waals surface area contributed by atoms with E-state index in [1.165, 1.54) is 6.33 Å². The number of thioether (sulfide) groups is 1. The van der Waals surface area contributed by atoms with Crippen LogP contribution in [0, 0.1) is 0 Å². The molecule has 3 aromatic rings. The molecule has 2 heterocycles. The number of nitrogens with zero attached hydrogens (tertiary/aromatic N) is 2. The maximum absolute atomic E-state index is 12.3. The number of aromatic nitrogens is 3. The number of hydrogen-bond acceptors (Lipinski definition) is 4. The number of rotatable bonds is 3. The maximum Gasteiger partial charge on any atom is 0.259 e. The van der Waals surface area contributed by atoms with Crippen LogP contribution in [-0.4, -0.2) is 21.2 Å². The molecule has 104 valence electrons. The van der Waals surface area contributed by atoms with E-state index in [4.69, 9.17) is 0 Å². The molecule has 0 radical (unpaired) electrons. The highest BCUT2D eigenvalue weighted by molar-refractivity contribution is 7.98. The first kappa shape index (κ1) is 13.6. The minimum atomic E-state index is -0.145. The van der Waals surface area contributed by atoms with Gasteiger partial charge in [-0.25, -0.2) is 4.98 Å². The van der Waals surface area contributed by atoms with E-state index in [0.717, 1.165) is 16.0 Å². The Balaban J connectivity index is 2.19. The topological polar surface area (TPSA) is 58.6 Å². The van der Waals surface area contributed by atoms with Crippen molar-refractivity contribution in [3.8, 4) is 22.4 Å². The van der Waals surface area contributed by atoms with Crippen LogP contribution >= 0.6 is 11.8 Å². The van der Waals surface area contributed by atoms with Crippen molar-refractivity contribution < 1.29 is 0 Å². The van der Waals surface area contributed by atoms with Crippen molar-refractivity contribution in [2.45, 2.75) is 4.90 Å². The van der Waals surface area contributed by atoms with Gasteiger partial charge in [-0.05, 0) is 36.1 Å². The summed E-state index contributed by atoms with van der Waals surface area (Å²) in [4.78, 5) is 24.4. The zero-order valence-electron chi connectivity index (χ0n) is 11.4. The molecule has 2 aromatic heterocycles. The third kappa shape index (κ3) is 2.73. The fraction of sp³-hybridized carbons (Fsp3) is 0.0625. The van der Waals surface area contributed by atoms with Crippen molar-refractivity contribution in [2.24, 2.45) is 0 Å². The Morgan fingerprint density at radius 2 is 1.71 bits per heavy atom. The predicted octanol–water partition coefficient (Wildman–Crippen LogP) is 3.22. The molecule has 0 atom stereocenters. The molecule has 0 aliphatic rings. The zero-order chi connectivity index (χ0) is 14.7. The lowest BCUT2D eigenvalue weighted by Crippen LogP contribution is -2.11.